The highest BCUT2D eigenvalue weighted by Gasteiger charge is 2.24. The van der Waals surface area contributed by atoms with Gasteiger partial charge in [0.1, 0.15) is 16.5 Å². The molecule has 0 saturated heterocycles. The molecule has 33 heavy (non-hydrogen) atoms. The third kappa shape index (κ3) is 6.72. The Morgan fingerprint density at radius 3 is 2.09 bits per heavy atom. The Hall–Kier alpha value is -3.04. The van der Waals surface area contributed by atoms with Crippen molar-refractivity contribution in [2.24, 2.45) is 10.2 Å². The zero-order valence-electron chi connectivity index (χ0n) is 18.9. The number of halogens is 2. The molecule has 2 aromatic rings. The summed E-state index contributed by atoms with van der Waals surface area (Å²) in [6.07, 6.45) is 0. The maximum absolute atomic E-state index is 12.8. The first-order chi connectivity index (χ1) is 15.7. The number of hydrogen-bond acceptors (Lipinski definition) is 8. The molecule has 9 nitrogen and oxygen atoms in total. The summed E-state index contributed by atoms with van der Waals surface area (Å²) in [6, 6.07) is 4.66. The second kappa shape index (κ2) is 12.3. The highest BCUT2D eigenvalue weighted by molar-refractivity contribution is 6.33. The molecule has 0 aromatic heterocycles. The lowest BCUT2D eigenvalue weighted by Gasteiger charge is -2.15. The monoisotopic (exact) mass is 497 g/mol. The van der Waals surface area contributed by atoms with Crippen LogP contribution in [0.5, 0.6) is 23.0 Å². The summed E-state index contributed by atoms with van der Waals surface area (Å²) in [5.41, 5.74) is 0.600. The first-order valence-corrected chi connectivity index (χ1v) is 10.7. The van der Waals surface area contributed by atoms with Gasteiger partial charge in [0.25, 0.3) is 5.91 Å². The van der Waals surface area contributed by atoms with Crippen LogP contribution in [0.3, 0.4) is 0 Å². The molecule has 2 aromatic carbocycles. The Labute approximate surface area is 202 Å². The minimum absolute atomic E-state index is 0.249. The lowest BCUT2D eigenvalue weighted by atomic mass is 10.2. The maximum atomic E-state index is 12.8. The predicted octanol–water partition coefficient (Wildman–Crippen LogP) is 5.49. The minimum Gasteiger partial charge on any atom is -0.495 e. The van der Waals surface area contributed by atoms with Crippen molar-refractivity contribution >= 4 is 46.3 Å². The highest BCUT2D eigenvalue weighted by Crippen LogP contribution is 2.39. The Kier molecular flexibility index (Phi) is 9.74. The molecular formula is C22H25Cl2N3O6. The quantitative estimate of drug-likeness (QED) is 0.324. The summed E-state index contributed by atoms with van der Waals surface area (Å²) >= 11 is 12.4. The van der Waals surface area contributed by atoms with Gasteiger partial charge in [0.2, 0.25) is 6.04 Å². The van der Waals surface area contributed by atoms with Gasteiger partial charge >= 0.3 is 0 Å². The van der Waals surface area contributed by atoms with Gasteiger partial charge < -0.3 is 24.3 Å². The molecular weight excluding hydrogens is 473 g/mol. The molecule has 0 aliphatic carbocycles. The number of ether oxygens (including phenoxy) is 4. The molecule has 11 heteroatoms. The molecule has 1 atom stereocenters. The van der Waals surface area contributed by atoms with Gasteiger partial charge in [0.05, 0.1) is 38.1 Å². The third-order valence-corrected chi connectivity index (χ3v) is 4.87. The fourth-order valence-corrected chi connectivity index (χ4v) is 3.28. The zero-order valence-corrected chi connectivity index (χ0v) is 20.4. The molecule has 0 heterocycles. The van der Waals surface area contributed by atoms with Gasteiger partial charge in [-0.2, -0.15) is 10.2 Å². The zero-order chi connectivity index (χ0) is 24.5. The molecule has 1 amide bonds. The predicted molar refractivity (Wildman–Crippen MR) is 126 cm³/mol. The summed E-state index contributed by atoms with van der Waals surface area (Å²) in [7, 11) is 2.87. The molecule has 1 N–H and O–H groups in total. The third-order valence-electron chi connectivity index (χ3n) is 4.22. The number of hydrogen-bond donors (Lipinski definition) is 1. The smallest absolute Gasteiger partial charge is 0.258 e. The standard InChI is InChI=1S/C22H25Cl2N3O6/c1-6-32-18-9-13(8-15(23)21(18)33-7-2)25-22(29)20(12(3)28)27-26-14-10-16(30-4)19(24)17(11-14)31-5/h8-11,20H,6-7H2,1-5H3,(H,25,29). The normalized spacial score (nSPS) is 11.7. The van der Waals surface area contributed by atoms with E-state index in [4.69, 9.17) is 42.1 Å². The number of ketones is 1. The molecule has 0 saturated carbocycles. The van der Waals surface area contributed by atoms with Crippen molar-refractivity contribution in [2.45, 2.75) is 26.8 Å². The van der Waals surface area contributed by atoms with Crippen molar-refractivity contribution in [2.75, 3.05) is 32.8 Å². The number of nitrogens with one attached hydrogen (secondary N) is 1. The largest absolute Gasteiger partial charge is 0.495 e. The summed E-state index contributed by atoms with van der Waals surface area (Å²) in [4.78, 5) is 24.9. The van der Waals surface area contributed by atoms with Crippen LogP contribution in [-0.2, 0) is 9.59 Å². The number of azo groups is 1. The second-order valence-electron chi connectivity index (χ2n) is 6.53. The lowest BCUT2D eigenvalue weighted by molar-refractivity contribution is -0.126. The summed E-state index contributed by atoms with van der Waals surface area (Å²) in [5, 5.41) is 11.1. The van der Waals surface area contributed by atoms with Crippen LogP contribution in [0.15, 0.2) is 34.5 Å². The number of nitrogens with zero attached hydrogens (tertiary/aromatic N) is 2. The summed E-state index contributed by atoms with van der Waals surface area (Å²) < 4.78 is 21.4. The Balaban J connectivity index is 2.31. The van der Waals surface area contributed by atoms with E-state index in [1.807, 2.05) is 13.8 Å². The van der Waals surface area contributed by atoms with E-state index < -0.39 is 17.7 Å². The van der Waals surface area contributed by atoms with Crippen molar-refractivity contribution in [1.82, 2.24) is 0 Å². The molecule has 0 fully saturated rings. The van der Waals surface area contributed by atoms with E-state index in [0.29, 0.717) is 41.9 Å². The first kappa shape index (κ1) is 26.2. The van der Waals surface area contributed by atoms with Crippen LogP contribution in [0.1, 0.15) is 20.8 Å². The Morgan fingerprint density at radius 2 is 1.58 bits per heavy atom. The van der Waals surface area contributed by atoms with E-state index in [-0.39, 0.29) is 15.7 Å². The Morgan fingerprint density at radius 1 is 0.970 bits per heavy atom. The molecule has 0 radical (unpaired) electrons. The van der Waals surface area contributed by atoms with Gasteiger partial charge in [0.15, 0.2) is 17.3 Å². The number of Topliss-reactive ketones (excluding diaryl/α,β-unsaturated/α-hetero) is 1. The Bertz CT molecular complexity index is 1020. The number of carbonyl (C=O) groups is 2. The van der Waals surface area contributed by atoms with Gasteiger partial charge in [0, 0.05) is 23.9 Å². The number of benzene rings is 2. The van der Waals surface area contributed by atoms with Crippen LogP contribution in [-0.4, -0.2) is 45.2 Å². The molecule has 0 spiro atoms. The number of methoxy groups -OCH3 is 2. The molecule has 2 rings (SSSR count). The minimum atomic E-state index is -1.40. The average molecular weight is 498 g/mol. The van der Waals surface area contributed by atoms with E-state index >= 15 is 0 Å². The van der Waals surface area contributed by atoms with Crippen LogP contribution < -0.4 is 24.3 Å². The highest BCUT2D eigenvalue weighted by atomic mass is 35.5. The first-order valence-electron chi connectivity index (χ1n) is 9.98. The number of rotatable bonds is 11. The van der Waals surface area contributed by atoms with E-state index in [1.165, 1.54) is 39.3 Å². The van der Waals surface area contributed by atoms with Crippen molar-refractivity contribution in [3.05, 3.63) is 34.3 Å². The van der Waals surface area contributed by atoms with Crippen molar-refractivity contribution in [1.29, 1.82) is 0 Å². The lowest BCUT2D eigenvalue weighted by Crippen LogP contribution is -2.31. The fourth-order valence-electron chi connectivity index (χ4n) is 2.75. The molecule has 0 bridgehead atoms. The molecule has 0 aliphatic heterocycles. The van der Waals surface area contributed by atoms with Crippen molar-refractivity contribution in [3.63, 3.8) is 0 Å². The van der Waals surface area contributed by atoms with E-state index in [2.05, 4.69) is 15.5 Å². The maximum Gasteiger partial charge on any atom is 0.258 e. The SMILES string of the molecule is CCOc1cc(NC(=O)C(N=Nc2cc(OC)c(Cl)c(OC)c2)C(C)=O)cc(Cl)c1OCC. The fraction of sp³-hybridized carbons (Fsp3) is 0.364. The van der Waals surface area contributed by atoms with Crippen LogP contribution in [0.25, 0.3) is 0 Å². The molecule has 0 aliphatic rings. The van der Waals surface area contributed by atoms with Crippen LogP contribution >= 0.6 is 23.2 Å². The number of anilines is 1. The average Bonchev–Trinajstić information content (AvgIpc) is 2.77. The van der Waals surface area contributed by atoms with Crippen LogP contribution in [0.2, 0.25) is 10.0 Å². The van der Waals surface area contributed by atoms with Crippen LogP contribution in [0.4, 0.5) is 11.4 Å². The number of amides is 1. The van der Waals surface area contributed by atoms with Crippen molar-refractivity contribution < 1.29 is 28.5 Å². The van der Waals surface area contributed by atoms with Gasteiger partial charge in [-0.25, -0.2) is 0 Å². The summed E-state index contributed by atoms with van der Waals surface area (Å²) in [5.74, 6) is 0.145. The topological polar surface area (TPSA) is 108 Å². The molecule has 1 unspecified atom stereocenters. The van der Waals surface area contributed by atoms with Gasteiger partial charge in [-0.15, -0.1) is 0 Å². The second-order valence-corrected chi connectivity index (χ2v) is 7.32. The number of carbonyl (C=O) groups excluding carboxylic acids is 2. The van der Waals surface area contributed by atoms with Crippen molar-refractivity contribution in [3.8, 4) is 23.0 Å². The van der Waals surface area contributed by atoms with Gasteiger partial charge in [-0.1, -0.05) is 23.2 Å². The van der Waals surface area contributed by atoms with E-state index in [0.717, 1.165) is 0 Å². The molecule has 178 valence electrons. The van der Waals surface area contributed by atoms with Gasteiger partial charge in [-0.3, -0.25) is 9.59 Å². The van der Waals surface area contributed by atoms with Crippen LogP contribution in [0, 0.1) is 0 Å². The summed E-state index contributed by atoms with van der Waals surface area (Å²) in [6.45, 7) is 5.62. The van der Waals surface area contributed by atoms with E-state index in [9.17, 15) is 9.59 Å². The van der Waals surface area contributed by atoms with E-state index in [1.54, 1.807) is 6.07 Å². The van der Waals surface area contributed by atoms with Gasteiger partial charge in [-0.05, 0) is 26.8 Å².